The Bertz CT molecular complexity index is 919. The summed E-state index contributed by atoms with van der Waals surface area (Å²) in [5, 5.41) is 7.75. The number of amides is 1. The number of hydrogen-bond acceptors (Lipinski definition) is 3. The fourth-order valence-corrected chi connectivity index (χ4v) is 3.47. The molecule has 29 heavy (non-hydrogen) atoms. The molecule has 2 aromatic carbocycles. The smallest absolute Gasteiger partial charge is 0.234 e. The van der Waals surface area contributed by atoms with Crippen molar-refractivity contribution < 1.29 is 4.79 Å². The fraction of sp³-hybridized carbons (Fsp3) is 0.333. The van der Waals surface area contributed by atoms with Crippen LogP contribution in [0.5, 0.6) is 0 Å². The lowest BCUT2D eigenvalue weighted by Gasteiger charge is -2.20. The number of benzene rings is 2. The van der Waals surface area contributed by atoms with E-state index in [1.165, 1.54) is 11.1 Å². The van der Waals surface area contributed by atoms with E-state index in [4.69, 9.17) is 0 Å². The number of hydrogen-bond donors (Lipinski definition) is 1. The van der Waals surface area contributed by atoms with Gasteiger partial charge in [-0.05, 0) is 31.5 Å². The molecule has 152 valence electrons. The summed E-state index contributed by atoms with van der Waals surface area (Å²) >= 11 is 0. The minimum atomic E-state index is 0.0393. The van der Waals surface area contributed by atoms with Gasteiger partial charge in [-0.25, -0.2) is 0 Å². The molecule has 1 N–H and O–H groups in total. The Hall–Kier alpha value is -2.92. The molecule has 0 radical (unpaired) electrons. The fourth-order valence-electron chi connectivity index (χ4n) is 3.47. The van der Waals surface area contributed by atoms with Crippen molar-refractivity contribution in [3.8, 4) is 0 Å². The topological polar surface area (TPSA) is 50.2 Å². The number of likely N-dealkylation sites (N-methyl/N-ethyl adjacent to an activating group) is 1. The van der Waals surface area contributed by atoms with Gasteiger partial charge >= 0.3 is 0 Å². The molecule has 3 rings (SSSR count). The molecule has 0 saturated heterocycles. The molecule has 0 aliphatic carbocycles. The van der Waals surface area contributed by atoms with Crippen LogP contribution in [0.25, 0.3) is 0 Å². The maximum atomic E-state index is 12.5. The van der Waals surface area contributed by atoms with Crippen LogP contribution in [0.3, 0.4) is 0 Å². The van der Waals surface area contributed by atoms with Crippen molar-refractivity contribution in [3.63, 3.8) is 0 Å². The Labute approximate surface area is 173 Å². The van der Waals surface area contributed by atoms with Crippen molar-refractivity contribution in [3.05, 3.63) is 88.7 Å². The summed E-state index contributed by atoms with van der Waals surface area (Å²) in [5.41, 5.74) is 5.60. The maximum Gasteiger partial charge on any atom is 0.234 e. The lowest BCUT2D eigenvalue weighted by Crippen LogP contribution is -2.36. The van der Waals surface area contributed by atoms with Crippen LogP contribution in [0.4, 0.5) is 0 Å². The van der Waals surface area contributed by atoms with Crippen LogP contribution < -0.4 is 5.32 Å². The largest absolute Gasteiger partial charge is 0.351 e. The molecule has 0 fully saturated rings. The van der Waals surface area contributed by atoms with Gasteiger partial charge in [0, 0.05) is 24.3 Å². The lowest BCUT2D eigenvalue weighted by atomic mass is 10.2. The van der Waals surface area contributed by atoms with Crippen molar-refractivity contribution in [1.29, 1.82) is 0 Å². The molecule has 0 saturated carbocycles. The monoisotopic (exact) mass is 390 g/mol. The first-order chi connectivity index (χ1) is 14.1. The summed E-state index contributed by atoms with van der Waals surface area (Å²) in [6.07, 6.45) is 0. The molecule has 0 aliphatic heterocycles. The normalized spacial score (nSPS) is 11.0. The Balaban J connectivity index is 1.57. The summed E-state index contributed by atoms with van der Waals surface area (Å²) < 4.78 is 2.01. The van der Waals surface area contributed by atoms with E-state index in [0.29, 0.717) is 13.1 Å². The molecule has 0 bridgehead atoms. The van der Waals surface area contributed by atoms with Crippen LogP contribution in [-0.4, -0.2) is 33.7 Å². The summed E-state index contributed by atoms with van der Waals surface area (Å²) in [4.78, 5) is 14.7. The average molecular weight is 391 g/mol. The van der Waals surface area contributed by atoms with E-state index in [9.17, 15) is 4.79 Å². The van der Waals surface area contributed by atoms with Gasteiger partial charge in [0.05, 0.1) is 18.8 Å². The van der Waals surface area contributed by atoms with Crippen LogP contribution in [0, 0.1) is 13.8 Å². The van der Waals surface area contributed by atoms with Gasteiger partial charge in [0.15, 0.2) is 0 Å². The molecule has 5 heteroatoms. The van der Waals surface area contributed by atoms with E-state index in [1.807, 2.05) is 48.0 Å². The summed E-state index contributed by atoms with van der Waals surface area (Å²) in [6.45, 7) is 9.39. The molecular formula is C24H30N4O. The second-order valence-corrected chi connectivity index (χ2v) is 7.36. The highest BCUT2D eigenvalue weighted by Gasteiger charge is 2.14. The number of carbonyl (C=O) groups is 1. The van der Waals surface area contributed by atoms with Crippen molar-refractivity contribution >= 4 is 5.91 Å². The molecule has 1 aromatic heterocycles. The Morgan fingerprint density at radius 3 is 2.24 bits per heavy atom. The Morgan fingerprint density at radius 1 is 1.00 bits per heavy atom. The predicted molar refractivity (Wildman–Crippen MR) is 116 cm³/mol. The number of nitrogens with one attached hydrogen (secondary N) is 1. The highest BCUT2D eigenvalue weighted by Crippen LogP contribution is 2.15. The van der Waals surface area contributed by atoms with Crippen LogP contribution in [0.1, 0.15) is 35.0 Å². The highest BCUT2D eigenvalue weighted by molar-refractivity contribution is 5.78. The van der Waals surface area contributed by atoms with Crippen molar-refractivity contribution in [2.45, 2.75) is 40.4 Å². The highest BCUT2D eigenvalue weighted by atomic mass is 16.2. The van der Waals surface area contributed by atoms with Gasteiger partial charge in [-0.3, -0.25) is 14.4 Å². The summed E-state index contributed by atoms with van der Waals surface area (Å²) in [7, 11) is 0. The molecular weight excluding hydrogens is 360 g/mol. The molecule has 1 heterocycles. The SMILES string of the molecule is CCN(CC(=O)NCc1c(C)nn(Cc2ccccc2)c1C)Cc1ccccc1. The van der Waals surface area contributed by atoms with Crippen LogP contribution in [-0.2, 0) is 24.4 Å². The quantitative estimate of drug-likeness (QED) is 0.606. The number of nitrogens with zero attached hydrogens (tertiary/aromatic N) is 3. The molecule has 0 aliphatic rings. The first kappa shape index (κ1) is 20.8. The minimum Gasteiger partial charge on any atom is -0.351 e. The average Bonchev–Trinajstić information content (AvgIpc) is 3.00. The molecule has 0 atom stereocenters. The van der Waals surface area contributed by atoms with Gasteiger partial charge in [-0.1, -0.05) is 67.6 Å². The van der Waals surface area contributed by atoms with Crippen LogP contribution in [0.2, 0.25) is 0 Å². The second kappa shape index (κ2) is 10.0. The minimum absolute atomic E-state index is 0.0393. The van der Waals surface area contributed by atoms with Crippen LogP contribution in [0.15, 0.2) is 60.7 Å². The zero-order valence-electron chi connectivity index (χ0n) is 17.6. The van der Waals surface area contributed by atoms with E-state index in [0.717, 1.165) is 36.6 Å². The third kappa shape index (κ3) is 5.78. The summed E-state index contributed by atoms with van der Waals surface area (Å²) in [5.74, 6) is 0.0393. The number of rotatable bonds is 9. The molecule has 3 aromatic rings. The van der Waals surface area contributed by atoms with E-state index >= 15 is 0 Å². The van der Waals surface area contributed by atoms with Gasteiger partial charge in [-0.15, -0.1) is 0 Å². The van der Waals surface area contributed by atoms with Gasteiger partial charge in [0.25, 0.3) is 0 Å². The Kier molecular flexibility index (Phi) is 7.19. The van der Waals surface area contributed by atoms with Crippen LogP contribution >= 0.6 is 0 Å². The number of aromatic nitrogens is 2. The van der Waals surface area contributed by atoms with Gasteiger partial charge < -0.3 is 5.32 Å². The predicted octanol–water partition coefficient (Wildman–Crippen LogP) is 3.69. The standard InChI is InChI=1S/C24H30N4O/c1-4-27(16-21-11-7-5-8-12-21)18-24(29)25-15-23-19(2)26-28(20(23)3)17-22-13-9-6-10-14-22/h5-14H,4,15-18H2,1-3H3,(H,25,29). The second-order valence-electron chi connectivity index (χ2n) is 7.36. The summed E-state index contributed by atoms with van der Waals surface area (Å²) in [6, 6.07) is 20.5. The molecule has 1 amide bonds. The van der Waals surface area contributed by atoms with E-state index < -0.39 is 0 Å². The van der Waals surface area contributed by atoms with E-state index in [-0.39, 0.29) is 5.91 Å². The first-order valence-electron chi connectivity index (χ1n) is 10.2. The third-order valence-electron chi connectivity index (χ3n) is 5.23. The first-order valence-corrected chi connectivity index (χ1v) is 10.2. The van der Waals surface area contributed by atoms with Crippen molar-refractivity contribution in [1.82, 2.24) is 20.0 Å². The zero-order valence-corrected chi connectivity index (χ0v) is 17.6. The van der Waals surface area contributed by atoms with Gasteiger partial charge in [-0.2, -0.15) is 5.10 Å². The van der Waals surface area contributed by atoms with E-state index in [2.05, 4.69) is 53.4 Å². The zero-order chi connectivity index (χ0) is 20.6. The molecule has 0 unspecified atom stereocenters. The van der Waals surface area contributed by atoms with Crippen molar-refractivity contribution in [2.75, 3.05) is 13.1 Å². The number of carbonyl (C=O) groups excluding carboxylic acids is 1. The molecule has 5 nitrogen and oxygen atoms in total. The number of aryl methyl sites for hydroxylation is 1. The Morgan fingerprint density at radius 2 is 1.62 bits per heavy atom. The van der Waals surface area contributed by atoms with Gasteiger partial charge in [0.2, 0.25) is 5.91 Å². The third-order valence-corrected chi connectivity index (χ3v) is 5.23. The van der Waals surface area contributed by atoms with E-state index in [1.54, 1.807) is 0 Å². The molecule has 0 spiro atoms. The maximum absolute atomic E-state index is 12.5. The lowest BCUT2D eigenvalue weighted by molar-refractivity contribution is -0.122. The van der Waals surface area contributed by atoms with Crippen molar-refractivity contribution in [2.24, 2.45) is 0 Å². The van der Waals surface area contributed by atoms with Gasteiger partial charge in [0.1, 0.15) is 0 Å².